The van der Waals surface area contributed by atoms with Gasteiger partial charge in [-0.25, -0.2) is 0 Å². The van der Waals surface area contributed by atoms with Gasteiger partial charge in [0.1, 0.15) is 6.10 Å². The molecule has 4 nitrogen and oxygen atoms in total. The molecular formula is C13H14BrClN2O2. The van der Waals surface area contributed by atoms with Crippen LogP contribution in [0.1, 0.15) is 17.4 Å². The van der Waals surface area contributed by atoms with Gasteiger partial charge < -0.3 is 9.84 Å². The molecule has 0 saturated carbocycles. The summed E-state index contributed by atoms with van der Waals surface area (Å²) in [5, 5.41) is 15.0. The molecule has 0 spiro atoms. The van der Waals surface area contributed by atoms with E-state index in [1.807, 2.05) is 24.3 Å². The number of methoxy groups -OCH3 is 1. The zero-order valence-corrected chi connectivity index (χ0v) is 12.7. The van der Waals surface area contributed by atoms with E-state index in [1.165, 1.54) is 6.20 Å². The van der Waals surface area contributed by atoms with Gasteiger partial charge in [0.25, 0.3) is 0 Å². The molecule has 0 aliphatic heterocycles. The molecule has 1 heterocycles. The first-order chi connectivity index (χ1) is 9.13. The Kier molecular flexibility index (Phi) is 4.99. The molecule has 19 heavy (non-hydrogen) atoms. The summed E-state index contributed by atoms with van der Waals surface area (Å²) in [4.78, 5) is 0. The molecule has 1 atom stereocenters. The van der Waals surface area contributed by atoms with Crippen LogP contribution in [0, 0.1) is 0 Å². The predicted octanol–water partition coefficient (Wildman–Crippen LogP) is 3.03. The Morgan fingerprint density at radius 3 is 2.74 bits per heavy atom. The van der Waals surface area contributed by atoms with E-state index in [4.69, 9.17) is 16.3 Å². The largest absolute Gasteiger partial charge is 0.383 e. The molecule has 1 N–H and O–H groups in total. The number of aliphatic hydroxyl groups is 1. The van der Waals surface area contributed by atoms with Gasteiger partial charge >= 0.3 is 0 Å². The van der Waals surface area contributed by atoms with Crippen LogP contribution in [0.15, 0.2) is 34.9 Å². The van der Waals surface area contributed by atoms with Crippen molar-refractivity contribution in [3.8, 4) is 0 Å². The second-order valence-corrected chi connectivity index (χ2v) is 5.37. The van der Waals surface area contributed by atoms with Crippen LogP contribution in [0.2, 0.25) is 5.02 Å². The van der Waals surface area contributed by atoms with Crippen molar-refractivity contribution in [3.63, 3.8) is 0 Å². The van der Waals surface area contributed by atoms with Gasteiger partial charge in [0.2, 0.25) is 0 Å². The maximum atomic E-state index is 10.4. The third-order valence-corrected chi connectivity index (χ3v) is 3.61. The quantitative estimate of drug-likeness (QED) is 0.906. The van der Waals surface area contributed by atoms with E-state index in [0.717, 1.165) is 10.0 Å². The van der Waals surface area contributed by atoms with Crippen LogP contribution >= 0.6 is 27.5 Å². The Morgan fingerprint density at radius 1 is 1.42 bits per heavy atom. The first kappa shape index (κ1) is 14.5. The Balaban J connectivity index is 2.29. The lowest BCUT2D eigenvalue weighted by molar-refractivity contribution is 0.171. The summed E-state index contributed by atoms with van der Waals surface area (Å²) in [6, 6.07) is 7.45. The molecule has 6 heteroatoms. The number of hydrogen-bond acceptors (Lipinski definition) is 3. The molecule has 0 saturated heterocycles. The van der Waals surface area contributed by atoms with Crippen molar-refractivity contribution in [3.05, 3.63) is 51.2 Å². The van der Waals surface area contributed by atoms with E-state index < -0.39 is 6.10 Å². The van der Waals surface area contributed by atoms with Crippen LogP contribution in [0.4, 0.5) is 0 Å². The Hall–Kier alpha value is -0.880. The van der Waals surface area contributed by atoms with Crippen molar-refractivity contribution in [2.75, 3.05) is 13.7 Å². The van der Waals surface area contributed by atoms with Crippen molar-refractivity contribution in [1.82, 2.24) is 9.78 Å². The fraction of sp³-hybridized carbons (Fsp3) is 0.308. The van der Waals surface area contributed by atoms with Gasteiger partial charge in [-0.2, -0.15) is 5.10 Å². The predicted molar refractivity (Wildman–Crippen MR) is 77.3 cm³/mol. The average Bonchev–Trinajstić information content (AvgIpc) is 2.77. The van der Waals surface area contributed by atoms with Gasteiger partial charge in [-0.1, -0.05) is 39.7 Å². The van der Waals surface area contributed by atoms with Crippen molar-refractivity contribution < 1.29 is 9.84 Å². The number of aromatic nitrogens is 2. The van der Waals surface area contributed by atoms with Crippen LogP contribution < -0.4 is 0 Å². The second kappa shape index (κ2) is 6.52. The summed E-state index contributed by atoms with van der Waals surface area (Å²) in [5.41, 5.74) is 1.35. The minimum atomic E-state index is -0.806. The lowest BCUT2D eigenvalue weighted by Gasteiger charge is -2.14. The summed E-state index contributed by atoms with van der Waals surface area (Å²) < 4.78 is 7.65. The molecular weight excluding hydrogens is 332 g/mol. The monoisotopic (exact) mass is 344 g/mol. The maximum Gasteiger partial charge on any atom is 0.122 e. The number of nitrogens with zero attached hydrogens (tertiary/aromatic N) is 2. The Morgan fingerprint density at radius 2 is 2.11 bits per heavy atom. The lowest BCUT2D eigenvalue weighted by atomic mass is 10.1. The second-order valence-electron chi connectivity index (χ2n) is 4.05. The molecule has 1 unspecified atom stereocenters. The van der Waals surface area contributed by atoms with Crippen LogP contribution in [-0.4, -0.2) is 28.6 Å². The molecule has 0 amide bonds. The molecule has 0 aliphatic carbocycles. The normalized spacial score (nSPS) is 12.6. The van der Waals surface area contributed by atoms with Crippen molar-refractivity contribution in [1.29, 1.82) is 0 Å². The smallest absolute Gasteiger partial charge is 0.122 e. The van der Waals surface area contributed by atoms with Gasteiger partial charge in [-0.15, -0.1) is 0 Å². The number of ether oxygens (including phenoxy) is 1. The number of halogens is 2. The van der Waals surface area contributed by atoms with E-state index in [2.05, 4.69) is 21.0 Å². The number of rotatable bonds is 5. The highest BCUT2D eigenvalue weighted by atomic mass is 79.9. The van der Waals surface area contributed by atoms with Crippen molar-refractivity contribution in [2.45, 2.75) is 12.6 Å². The van der Waals surface area contributed by atoms with Crippen LogP contribution in [-0.2, 0) is 11.3 Å². The first-order valence-corrected chi connectivity index (χ1v) is 6.94. The van der Waals surface area contributed by atoms with Crippen molar-refractivity contribution in [2.24, 2.45) is 0 Å². The first-order valence-electron chi connectivity index (χ1n) is 5.77. The van der Waals surface area contributed by atoms with Crippen LogP contribution in [0.5, 0.6) is 0 Å². The lowest BCUT2D eigenvalue weighted by Crippen LogP contribution is -2.13. The topological polar surface area (TPSA) is 47.3 Å². The Bertz CT molecular complexity index is 542. The summed E-state index contributed by atoms with van der Waals surface area (Å²) in [7, 11) is 1.62. The summed E-state index contributed by atoms with van der Waals surface area (Å²) in [6.45, 7) is 1.06. The van der Waals surface area contributed by atoms with E-state index in [1.54, 1.807) is 11.8 Å². The van der Waals surface area contributed by atoms with Crippen LogP contribution in [0.3, 0.4) is 0 Å². The molecule has 1 aromatic carbocycles. The molecule has 0 bridgehead atoms. The standard InChI is InChI=1S/C13H14BrClN2O2/c1-19-7-6-17-12(11(15)8-16-17)13(18)9-2-4-10(14)5-3-9/h2-5,8,13,18H,6-7H2,1H3. The SMILES string of the molecule is COCCn1ncc(Cl)c1C(O)c1ccc(Br)cc1. The molecule has 0 radical (unpaired) electrons. The zero-order valence-electron chi connectivity index (χ0n) is 10.4. The minimum absolute atomic E-state index is 0.450. The zero-order chi connectivity index (χ0) is 13.8. The van der Waals surface area contributed by atoms with Gasteiger partial charge in [0.15, 0.2) is 0 Å². The van der Waals surface area contributed by atoms with E-state index in [9.17, 15) is 5.11 Å². The van der Waals surface area contributed by atoms with Crippen molar-refractivity contribution >= 4 is 27.5 Å². The van der Waals surface area contributed by atoms with Gasteiger partial charge in [0.05, 0.1) is 30.1 Å². The van der Waals surface area contributed by atoms with Gasteiger partial charge in [0, 0.05) is 11.6 Å². The molecule has 0 fully saturated rings. The average molecular weight is 346 g/mol. The minimum Gasteiger partial charge on any atom is -0.383 e. The molecule has 2 rings (SSSR count). The fourth-order valence-corrected chi connectivity index (χ4v) is 2.31. The molecule has 2 aromatic rings. The molecule has 1 aromatic heterocycles. The van der Waals surface area contributed by atoms with E-state index in [-0.39, 0.29) is 0 Å². The third kappa shape index (κ3) is 3.36. The summed E-state index contributed by atoms with van der Waals surface area (Å²) >= 11 is 9.47. The fourth-order valence-electron chi connectivity index (χ4n) is 1.80. The Labute approximate surface area is 125 Å². The molecule has 102 valence electrons. The van der Waals surface area contributed by atoms with E-state index >= 15 is 0 Å². The summed E-state index contributed by atoms with van der Waals surface area (Å²) in [5.74, 6) is 0. The number of benzene rings is 1. The third-order valence-electron chi connectivity index (χ3n) is 2.79. The van der Waals surface area contributed by atoms with Gasteiger partial charge in [-0.05, 0) is 17.7 Å². The highest BCUT2D eigenvalue weighted by molar-refractivity contribution is 9.10. The number of aliphatic hydroxyl groups excluding tert-OH is 1. The molecule has 0 aliphatic rings. The highest BCUT2D eigenvalue weighted by Gasteiger charge is 2.19. The summed E-state index contributed by atoms with van der Waals surface area (Å²) in [6.07, 6.45) is 0.731. The van der Waals surface area contributed by atoms with Crippen LogP contribution in [0.25, 0.3) is 0 Å². The van der Waals surface area contributed by atoms with E-state index in [0.29, 0.717) is 23.9 Å². The number of hydrogen-bond donors (Lipinski definition) is 1. The maximum absolute atomic E-state index is 10.4. The van der Waals surface area contributed by atoms with Gasteiger partial charge in [-0.3, -0.25) is 4.68 Å². The highest BCUT2D eigenvalue weighted by Crippen LogP contribution is 2.28.